The van der Waals surface area contributed by atoms with Gasteiger partial charge in [-0.2, -0.15) is 5.26 Å². The van der Waals surface area contributed by atoms with Crippen LogP contribution in [0.2, 0.25) is 0 Å². The molecule has 1 N–H and O–H groups in total. The molecule has 152 valence electrons. The standard InChI is InChI=1S/C23H27BrN4O/c24-19-13-18(16-28-20(19)14-25)15-26-11-8-22(21-5-1-4-10-27-21)9-12-29-23(17-22)6-2-3-7-23/h1,4-5,10,13,16,26H,2-3,6-9,11-12,15,17H2. The number of nitrogens with one attached hydrogen (secondary N) is 1. The number of nitriles is 1. The van der Waals surface area contributed by atoms with Crippen molar-refractivity contribution in [3.63, 3.8) is 0 Å². The first-order chi connectivity index (χ1) is 14.1. The molecule has 1 saturated carbocycles. The molecule has 1 atom stereocenters. The molecule has 2 fully saturated rings. The molecule has 5 nitrogen and oxygen atoms in total. The lowest BCUT2D eigenvalue weighted by atomic mass is 9.68. The Morgan fingerprint density at radius 3 is 2.79 bits per heavy atom. The Morgan fingerprint density at radius 1 is 1.21 bits per heavy atom. The number of aromatic nitrogens is 2. The summed E-state index contributed by atoms with van der Waals surface area (Å²) in [5.74, 6) is 0. The maximum Gasteiger partial charge on any atom is 0.154 e. The summed E-state index contributed by atoms with van der Waals surface area (Å²) in [6.45, 7) is 2.46. The van der Waals surface area contributed by atoms with Gasteiger partial charge < -0.3 is 10.1 Å². The highest BCUT2D eigenvalue weighted by molar-refractivity contribution is 9.10. The second kappa shape index (κ2) is 8.91. The summed E-state index contributed by atoms with van der Waals surface area (Å²) >= 11 is 3.42. The normalized spacial score (nSPS) is 23.2. The Bertz CT molecular complexity index is 876. The summed E-state index contributed by atoms with van der Waals surface area (Å²) in [7, 11) is 0. The van der Waals surface area contributed by atoms with E-state index in [0.717, 1.165) is 49.0 Å². The van der Waals surface area contributed by atoms with E-state index in [0.29, 0.717) is 5.69 Å². The molecule has 0 aromatic carbocycles. The van der Waals surface area contributed by atoms with E-state index in [1.165, 1.54) is 31.4 Å². The molecule has 2 aromatic rings. The fraction of sp³-hybridized carbons (Fsp3) is 0.522. The van der Waals surface area contributed by atoms with Crippen LogP contribution in [0.1, 0.15) is 61.9 Å². The maximum atomic E-state index is 9.02. The van der Waals surface area contributed by atoms with Crippen molar-refractivity contribution in [2.24, 2.45) is 0 Å². The number of nitrogens with zero attached hydrogens (tertiary/aromatic N) is 3. The average Bonchev–Trinajstić information content (AvgIpc) is 3.19. The number of ether oxygens (including phenoxy) is 1. The van der Waals surface area contributed by atoms with Crippen molar-refractivity contribution in [2.45, 2.75) is 62.5 Å². The molecular formula is C23H27BrN4O. The second-order valence-corrected chi connectivity index (χ2v) is 9.23. The highest BCUT2D eigenvalue weighted by Gasteiger charge is 2.48. The highest BCUT2D eigenvalue weighted by atomic mass is 79.9. The average molecular weight is 455 g/mol. The molecule has 1 saturated heterocycles. The SMILES string of the molecule is N#Cc1ncc(CNCCC2(c3ccccn3)CCOC3(CCCC3)C2)cc1Br. The van der Waals surface area contributed by atoms with E-state index in [9.17, 15) is 0 Å². The van der Waals surface area contributed by atoms with E-state index >= 15 is 0 Å². The predicted molar refractivity (Wildman–Crippen MR) is 115 cm³/mol. The van der Waals surface area contributed by atoms with Gasteiger partial charge in [-0.1, -0.05) is 18.9 Å². The molecule has 0 bridgehead atoms. The summed E-state index contributed by atoms with van der Waals surface area (Å²) in [4.78, 5) is 8.97. The Labute approximate surface area is 181 Å². The minimum absolute atomic E-state index is 0.0533. The van der Waals surface area contributed by atoms with Crippen LogP contribution in [0.25, 0.3) is 0 Å². The van der Waals surface area contributed by atoms with Crippen LogP contribution in [0, 0.1) is 11.3 Å². The largest absolute Gasteiger partial charge is 0.375 e. The molecule has 0 radical (unpaired) electrons. The van der Waals surface area contributed by atoms with Crippen LogP contribution in [0.4, 0.5) is 0 Å². The minimum atomic E-state index is 0.0533. The number of pyridine rings is 2. The summed E-state index contributed by atoms with van der Waals surface area (Å²) < 4.78 is 7.07. The molecule has 2 aromatic heterocycles. The molecule has 2 aliphatic rings. The first-order valence-electron chi connectivity index (χ1n) is 10.5. The van der Waals surface area contributed by atoms with E-state index in [1.807, 2.05) is 18.3 Å². The zero-order valence-electron chi connectivity index (χ0n) is 16.7. The zero-order valence-corrected chi connectivity index (χ0v) is 18.2. The van der Waals surface area contributed by atoms with Crippen molar-refractivity contribution < 1.29 is 4.74 Å². The van der Waals surface area contributed by atoms with Crippen molar-refractivity contribution in [3.8, 4) is 6.07 Å². The van der Waals surface area contributed by atoms with Crippen molar-refractivity contribution in [3.05, 3.63) is 58.1 Å². The lowest BCUT2D eigenvalue weighted by Gasteiger charge is -2.46. The van der Waals surface area contributed by atoms with Gasteiger partial charge in [0.05, 0.1) is 10.1 Å². The first kappa shape index (κ1) is 20.5. The Kier molecular flexibility index (Phi) is 6.29. The number of hydrogen-bond acceptors (Lipinski definition) is 5. The van der Waals surface area contributed by atoms with Crippen molar-refractivity contribution >= 4 is 15.9 Å². The van der Waals surface area contributed by atoms with Crippen molar-refractivity contribution in [1.29, 1.82) is 5.26 Å². The lowest BCUT2D eigenvalue weighted by molar-refractivity contribution is -0.104. The second-order valence-electron chi connectivity index (χ2n) is 8.37. The molecular weight excluding hydrogens is 428 g/mol. The van der Waals surface area contributed by atoms with Gasteiger partial charge in [-0.15, -0.1) is 0 Å². The quantitative estimate of drug-likeness (QED) is 0.642. The topological polar surface area (TPSA) is 70.8 Å². The van der Waals surface area contributed by atoms with Crippen LogP contribution >= 0.6 is 15.9 Å². The molecule has 1 aliphatic carbocycles. The monoisotopic (exact) mass is 454 g/mol. The van der Waals surface area contributed by atoms with Crippen molar-refractivity contribution in [1.82, 2.24) is 15.3 Å². The Hall–Kier alpha value is -1.81. The van der Waals surface area contributed by atoms with E-state index < -0.39 is 0 Å². The number of rotatable bonds is 6. The third kappa shape index (κ3) is 4.53. The van der Waals surface area contributed by atoms with E-state index in [4.69, 9.17) is 15.0 Å². The van der Waals surface area contributed by atoms with Gasteiger partial charge in [0, 0.05) is 36.7 Å². The van der Waals surface area contributed by atoms with Crippen molar-refractivity contribution in [2.75, 3.05) is 13.2 Å². The third-order valence-electron chi connectivity index (χ3n) is 6.49. The van der Waals surface area contributed by atoms with E-state index in [2.05, 4.69) is 44.4 Å². The summed E-state index contributed by atoms with van der Waals surface area (Å²) in [6, 6.07) is 10.3. The van der Waals surface area contributed by atoms with Crippen LogP contribution in [0.5, 0.6) is 0 Å². The van der Waals surface area contributed by atoms with Gasteiger partial charge in [-0.3, -0.25) is 4.98 Å². The first-order valence-corrected chi connectivity index (χ1v) is 11.2. The van der Waals surface area contributed by atoms with Crippen LogP contribution in [-0.2, 0) is 16.7 Å². The molecule has 3 heterocycles. The molecule has 1 aliphatic heterocycles. The van der Waals surface area contributed by atoms with Crippen LogP contribution in [-0.4, -0.2) is 28.7 Å². The summed E-state index contributed by atoms with van der Waals surface area (Å²) in [6.07, 6.45) is 11.7. The van der Waals surface area contributed by atoms with Gasteiger partial charge in [0.25, 0.3) is 0 Å². The predicted octanol–water partition coefficient (Wildman–Crippen LogP) is 4.65. The fourth-order valence-electron chi connectivity index (χ4n) is 5.01. The number of halogens is 1. The molecule has 4 rings (SSSR count). The summed E-state index contributed by atoms with van der Waals surface area (Å²) in [5.41, 5.74) is 2.82. The van der Waals surface area contributed by atoms with Crippen LogP contribution in [0.3, 0.4) is 0 Å². The summed E-state index contributed by atoms with van der Waals surface area (Å²) in [5, 5.41) is 12.6. The van der Waals surface area contributed by atoms with Gasteiger partial charge in [0.1, 0.15) is 6.07 Å². The lowest BCUT2D eigenvalue weighted by Crippen LogP contribution is -2.47. The van der Waals surface area contributed by atoms with E-state index in [1.54, 1.807) is 6.20 Å². The van der Waals surface area contributed by atoms with Gasteiger partial charge in [-0.05, 0) is 78.3 Å². The molecule has 1 unspecified atom stereocenters. The Morgan fingerprint density at radius 2 is 2.07 bits per heavy atom. The van der Waals surface area contributed by atoms with Gasteiger partial charge >= 0.3 is 0 Å². The number of hydrogen-bond donors (Lipinski definition) is 1. The van der Waals surface area contributed by atoms with Crippen LogP contribution in [0.15, 0.2) is 41.1 Å². The third-order valence-corrected chi connectivity index (χ3v) is 7.09. The Balaban J connectivity index is 1.44. The van der Waals surface area contributed by atoms with Gasteiger partial charge in [0.2, 0.25) is 0 Å². The van der Waals surface area contributed by atoms with Crippen LogP contribution < -0.4 is 5.32 Å². The van der Waals surface area contributed by atoms with Gasteiger partial charge in [-0.25, -0.2) is 4.98 Å². The maximum absolute atomic E-state index is 9.02. The fourth-order valence-corrected chi connectivity index (χ4v) is 5.50. The zero-order chi connectivity index (χ0) is 20.2. The smallest absolute Gasteiger partial charge is 0.154 e. The minimum Gasteiger partial charge on any atom is -0.375 e. The molecule has 0 amide bonds. The molecule has 29 heavy (non-hydrogen) atoms. The molecule has 1 spiro atoms. The van der Waals surface area contributed by atoms with E-state index in [-0.39, 0.29) is 11.0 Å². The highest BCUT2D eigenvalue weighted by Crippen LogP contribution is 2.49. The van der Waals surface area contributed by atoms with Gasteiger partial charge in [0.15, 0.2) is 5.69 Å². The molecule has 6 heteroatoms.